The maximum Gasteiger partial charge on any atom is 0.304 e. The summed E-state index contributed by atoms with van der Waals surface area (Å²) in [7, 11) is 0. The highest BCUT2D eigenvalue weighted by molar-refractivity contribution is 7.07. The van der Waals surface area contributed by atoms with Crippen molar-refractivity contribution in [1.29, 1.82) is 5.26 Å². The van der Waals surface area contributed by atoms with Crippen molar-refractivity contribution < 1.29 is 4.39 Å². The first-order valence-electron chi connectivity index (χ1n) is 5.25. The lowest BCUT2D eigenvalue weighted by molar-refractivity contribution is 0.620. The predicted molar refractivity (Wildman–Crippen MR) is 66.6 cm³/mol. The lowest BCUT2D eigenvalue weighted by atomic mass is 10.1. The molecule has 2 N–H and O–H groups in total. The molecule has 0 bridgehead atoms. The lowest BCUT2D eigenvalue weighted by Crippen LogP contribution is -2.14. The van der Waals surface area contributed by atoms with Gasteiger partial charge in [0.15, 0.2) is 0 Å². The fourth-order valence-corrected chi connectivity index (χ4v) is 2.09. The fraction of sp³-hybridized carbons (Fsp3) is 0.167. The summed E-state index contributed by atoms with van der Waals surface area (Å²) in [5.41, 5.74) is 1.68. The van der Waals surface area contributed by atoms with E-state index in [1.807, 2.05) is 0 Å². The van der Waals surface area contributed by atoms with E-state index in [1.165, 1.54) is 12.1 Å². The van der Waals surface area contributed by atoms with Crippen LogP contribution in [0.1, 0.15) is 16.8 Å². The number of hydrogen-bond acceptors (Lipinski definition) is 4. The van der Waals surface area contributed by atoms with E-state index in [4.69, 9.17) is 5.26 Å². The number of hydrogen-bond donors (Lipinski definition) is 2. The van der Waals surface area contributed by atoms with E-state index in [0.717, 1.165) is 22.6 Å². The minimum Gasteiger partial charge on any atom is -0.315 e. The molecule has 6 heteroatoms. The van der Waals surface area contributed by atoms with E-state index in [9.17, 15) is 9.18 Å². The Hall–Kier alpha value is -1.97. The summed E-state index contributed by atoms with van der Waals surface area (Å²) in [6, 6.07) is 6.22. The minimum atomic E-state index is -0.511. The van der Waals surface area contributed by atoms with Crippen molar-refractivity contribution in [3.8, 4) is 6.07 Å². The summed E-state index contributed by atoms with van der Waals surface area (Å²) >= 11 is 1.11. The molecule has 0 atom stereocenters. The molecule has 1 aromatic heterocycles. The first-order chi connectivity index (χ1) is 8.69. The SMILES string of the molecule is N#Cc1cc(CNCc2csc(=O)[nH]2)ccc1F. The van der Waals surface area contributed by atoms with Crippen LogP contribution >= 0.6 is 11.3 Å². The topological polar surface area (TPSA) is 68.7 Å². The van der Waals surface area contributed by atoms with Gasteiger partial charge in [0.1, 0.15) is 11.9 Å². The zero-order valence-electron chi connectivity index (χ0n) is 9.37. The van der Waals surface area contributed by atoms with Crippen molar-refractivity contribution in [2.24, 2.45) is 0 Å². The summed E-state index contributed by atoms with van der Waals surface area (Å²) in [6.07, 6.45) is 0. The number of thiazole rings is 1. The first kappa shape index (κ1) is 12.5. The molecule has 4 nitrogen and oxygen atoms in total. The fourth-order valence-electron chi connectivity index (χ4n) is 1.51. The van der Waals surface area contributed by atoms with Gasteiger partial charge in [0.2, 0.25) is 0 Å². The van der Waals surface area contributed by atoms with E-state index in [0.29, 0.717) is 13.1 Å². The van der Waals surface area contributed by atoms with Crippen LogP contribution in [0, 0.1) is 17.1 Å². The van der Waals surface area contributed by atoms with Gasteiger partial charge in [0.05, 0.1) is 5.56 Å². The third-order valence-corrected chi connectivity index (χ3v) is 3.09. The second kappa shape index (κ2) is 5.58. The second-order valence-electron chi connectivity index (χ2n) is 3.70. The average molecular weight is 263 g/mol. The van der Waals surface area contributed by atoms with Gasteiger partial charge in [-0.25, -0.2) is 4.39 Å². The molecule has 0 aliphatic carbocycles. The molecule has 0 spiro atoms. The van der Waals surface area contributed by atoms with E-state index in [2.05, 4.69) is 10.3 Å². The Kier molecular flexibility index (Phi) is 3.87. The number of nitrogens with one attached hydrogen (secondary N) is 2. The zero-order chi connectivity index (χ0) is 13.0. The van der Waals surface area contributed by atoms with Crippen LogP contribution < -0.4 is 10.2 Å². The number of nitrogens with zero attached hydrogens (tertiary/aromatic N) is 1. The summed E-state index contributed by atoms with van der Waals surface area (Å²) < 4.78 is 13.1. The molecule has 0 aliphatic heterocycles. The minimum absolute atomic E-state index is 0.0400. The van der Waals surface area contributed by atoms with Gasteiger partial charge < -0.3 is 10.3 Å². The Morgan fingerprint density at radius 1 is 1.44 bits per heavy atom. The van der Waals surface area contributed by atoms with E-state index in [-0.39, 0.29) is 10.4 Å². The Balaban J connectivity index is 1.94. The van der Waals surface area contributed by atoms with Gasteiger partial charge in [-0.05, 0) is 17.7 Å². The molecule has 2 aromatic rings. The number of aromatic nitrogens is 1. The summed E-state index contributed by atoms with van der Waals surface area (Å²) in [6.45, 7) is 1.03. The van der Waals surface area contributed by atoms with Gasteiger partial charge in [0, 0.05) is 24.2 Å². The van der Waals surface area contributed by atoms with Crippen molar-refractivity contribution >= 4 is 11.3 Å². The molecule has 0 aliphatic rings. The highest BCUT2D eigenvalue weighted by atomic mass is 32.1. The van der Waals surface area contributed by atoms with Gasteiger partial charge in [-0.15, -0.1) is 0 Å². The summed E-state index contributed by atoms with van der Waals surface area (Å²) in [5, 5.41) is 13.6. The zero-order valence-corrected chi connectivity index (χ0v) is 10.2. The average Bonchev–Trinajstić information content (AvgIpc) is 2.77. The maximum absolute atomic E-state index is 13.1. The van der Waals surface area contributed by atoms with Gasteiger partial charge in [-0.1, -0.05) is 17.4 Å². The van der Waals surface area contributed by atoms with Gasteiger partial charge in [0.25, 0.3) is 0 Å². The molecule has 18 heavy (non-hydrogen) atoms. The molecule has 0 amide bonds. The van der Waals surface area contributed by atoms with Crippen LogP contribution in [0.4, 0.5) is 4.39 Å². The van der Waals surface area contributed by atoms with Gasteiger partial charge in [-0.3, -0.25) is 4.79 Å². The molecule has 1 aromatic carbocycles. The number of H-pyrrole nitrogens is 1. The normalized spacial score (nSPS) is 10.2. The summed E-state index contributed by atoms with van der Waals surface area (Å²) in [5.74, 6) is -0.511. The monoisotopic (exact) mass is 263 g/mol. The van der Waals surface area contributed by atoms with Crippen molar-refractivity contribution in [3.63, 3.8) is 0 Å². The van der Waals surface area contributed by atoms with Crippen LogP contribution in [-0.4, -0.2) is 4.98 Å². The molecule has 92 valence electrons. The van der Waals surface area contributed by atoms with Crippen LogP contribution in [0.3, 0.4) is 0 Å². The maximum atomic E-state index is 13.1. The number of halogens is 1. The molecular weight excluding hydrogens is 253 g/mol. The van der Waals surface area contributed by atoms with Gasteiger partial charge >= 0.3 is 4.87 Å². The molecular formula is C12H10FN3OS. The Morgan fingerprint density at radius 2 is 2.28 bits per heavy atom. The van der Waals surface area contributed by atoms with E-state index in [1.54, 1.807) is 17.5 Å². The predicted octanol–water partition coefficient (Wildman–Crippen LogP) is 1.74. The molecule has 0 fully saturated rings. The van der Waals surface area contributed by atoms with Crippen LogP contribution in [0.5, 0.6) is 0 Å². The molecule has 0 saturated heterocycles. The van der Waals surface area contributed by atoms with Crippen LogP contribution in [0.25, 0.3) is 0 Å². The number of rotatable bonds is 4. The van der Waals surface area contributed by atoms with Crippen molar-refractivity contribution in [3.05, 3.63) is 55.9 Å². The smallest absolute Gasteiger partial charge is 0.304 e. The highest BCUT2D eigenvalue weighted by Crippen LogP contribution is 2.09. The Bertz CT molecular complexity index is 641. The second-order valence-corrected chi connectivity index (χ2v) is 4.55. The number of nitriles is 1. The first-order valence-corrected chi connectivity index (χ1v) is 6.13. The van der Waals surface area contributed by atoms with E-state index >= 15 is 0 Å². The standard InChI is InChI=1S/C12H10FN3OS/c13-11-2-1-8(3-9(11)4-14)5-15-6-10-7-18-12(17)16-10/h1-3,7,15H,5-6H2,(H,16,17). The Morgan fingerprint density at radius 3 is 2.94 bits per heavy atom. The largest absolute Gasteiger partial charge is 0.315 e. The molecule has 0 saturated carbocycles. The number of benzene rings is 1. The van der Waals surface area contributed by atoms with Crippen molar-refractivity contribution in [2.45, 2.75) is 13.1 Å². The van der Waals surface area contributed by atoms with Crippen LogP contribution in [-0.2, 0) is 13.1 Å². The van der Waals surface area contributed by atoms with Crippen molar-refractivity contribution in [2.75, 3.05) is 0 Å². The van der Waals surface area contributed by atoms with Crippen molar-refractivity contribution in [1.82, 2.24) is 10.3 Å². The molecule has 0 unspecified atom stereocenters. The third-order valence-electron chi connectivity index (χ3n) is 2.37. The summed E-state index contributed by atoms with van der Waals surface area (Å²) in [4.78, 5) is 13.5. The molecule has 2 rings (SSSR count). The molecule has 0 radical (unpaired) electrons. The van der Waals surface area contributed by atoms with Gasteiger partial charge in [-0.2, -0.15) is 5.26 Å². The third kappa shape index (κ3) is 3.03. The van der Waals surface area contributed by atoms with Crippen LogP contribution in [0.15, 0.2) is 28.4 Å². The number of aromatic amines is 1. The Labute approximate surface area is 107 Å². The highest BCUT2D eigenvalue weighted by Gasteiger charge is 2.02. The van der Waals surface area contributed by atoms with Crippen LogP contribution in [0.2, 0.25) is 0 Å². The lowest BCUT2D eigenvalue weighted by Gasteiger charge is -2.04. The quantitative estimate of drug-likeness (QED) is 0.882. The van der Waals surface area contributed by atoms with E-state index < -0.39 is 5.82 Å². The molecule has 1 heterocycles.